The molecule has 0 radical (unpaired) electrons. The molecule has 4 heterocycles. The first-order valence-corrected chi connectivity index (χ1v) is 15.3. The van der Waals surface area contributed by atoms with Gasteiger partial charge in [0.25, 0.3) is 0 Å². The maximum absolute atomic E-state index is 12.4. The molecule has 0 aliphatic carbocycles. The predicted octanol–water partition coefficient (Wildman–Crippen LogP) is 2.86. The second-order valence-electron chi connectivity index (χ2n) is 10.3. The van der Waals surface area contributed by atoms with Crippen LogP contribution < -0.4 is 9.80 Å². The van der Waals surface area contributed by atoms with Crippen molar-refractivity contribution in [2.75, 3.05) is 61.4 Å². The van der Waals surface area contributed by atoms with Gasteiger partial charge in [-0.15, -0.1) is 0 Å². The van der Waals surface area contributed by atoms with Crippen molar-refractivity contribution in [1.82, 2.24) is 19.3 Å². The molecule has 0 amide bonds. The number of piperazine rings is 1. The van der Waals surface area contributed by atoms with Crippen LogP contribution >= 0.6 is 0 Å². The van der Waals surface area contributed by atoms with Gasteiger partial charge in [0.05, 0.1) is 5.75 Å². The van der Waals surface area contributed by atoms with Crippen LogP contribution in [-0.4, -0.2) is 84.4 Å². The molecule has 5 rings (SSSR count). The van der Waals surface area contributed by atoms with Crippen LogP contribution in [-0.2, 0) is 22.9 Å². The molecule has 2 fully saturated rings. The summed E-state index contributed by atoms with van der Waals surface area (Å²) in [5, 5.41) is 8.96. The number of benzene rings is 1. The summed E-state index contributed by atoms with van der Waals surface area (Å²) in [6, 6.07) is 6.04. The van der Waals surface area contributed by atoms with E-state index in [2.05, 4.69) is 26.7 Å². The van der Waals surface area contributed by atoms with Gasteiger partial charge in [-0.1, -0.05) is 13.3 Å². The number of nitrogens with zero attached hydrogens (tertiary/aromatic N) is 6. The molecule has 1 N–H and O–H groups in total. The van der Waals surface area contributed by atoms with E-state index in [1.54, 1.807) is 0 Å². The summed E-state index contributed by atoms with van der Waals surface area (Å²) in [7, 11) is -3.31. The van der Waals surface area contributed by atoms with Crippen LogP contribution in [0, 0.1) is 5.92 Å². The number of aliphatic hydroxyl groups is 1. The summed E-state index contributed by atoms with van der Waals surface area (Å²) in [5.41, 5.74) is 3.83. The van der Waals surface area contributed by atoms with E-state index in [1.807, 2.05) is 30.6 Å². The summed E-state index contributed by atoms with van der Waals surface area (Å²) >= 11 is 0. The van der Waals surface area contributed by atoms with Gasteiger partial charge in [-0.05, 0) is 49.3 Å². The summed E-state index contributed by atoms with van der Waals surface area (Å²) in [4.78, 5) is 18.3. The van der Waals surface area contributed by atoms with Crippen LogP contribution in [0.25, 0.3) is 11.1 Å². The Labute approximate surface area is 224 Å². The third-order valence-electron chi connectivity index (χ3n) is 7.56. The van der Waals surface area contributed by atoms with Crippen molar-refractivity contribution in [2.24, 2.45) is 5.92 Å². The van der Waals surface area contributed by atoms with Gasteiger partial charge in [-0.25, -0.2) is 23.4 Å². The van der Waals surface area contributed by atoms with Crippen LogP contribution in [0.2, 0.25) is 0 Å². The number of sulfonamides is 1. The molecule has 0 saturated carbocycles. The number of hydrogen-bond acceptors (Lipinski definition) is 9. The zero-order chi connectivity index (χ0) is 26.5. The molecule has 3 aromatic rings. The number of anilines is 2. The molecule has 1 aromatic carbocycles. The molecule has 2 saturated heterocycles. The Morgan fingerprint density at radius 3 is 2.45 bits per heavy atom. The number of rotatable bonds is 10. The van der Waals surface area contributed by atoms with Gasteiger partial charge in [0, 0.05) is 76.4 Å². The molecule has 0 bridgehead atoms. The summed E-state index contributed by atoms with van der Waals surface area (Å²) in [5.74, 6) is 2.10. The van der Waals surface area contributed by atoms with Crippen LogP contribution in [0.3, 0.4) is 0 Å². The number of fused-ring (bicyclic) bond motifs is 1. The zero-order valence-corrected chi connectivity index (χ0v) is 22.9. The molecule has 0 atom stereocenters. The van der Waals surface area contributed by atoms with Gasteiger partial charge in [0.15, 0.2) is 11.5 Å². The minimum Gasteiger partial charge on any atom is -0.441 e. The van der Waals surface area contributed by atoms with E-state index in [0.717, 1.165) is 73.8 Å². The van der Waals surface area contributed by atoms with Gasteiger partial charge in [0.1, 0.15) is 5.52 Å². The lowest BCUT2D eigenvalue weighted by atomic mass is 9.94. The minimum absolute atomic E-state index is 0.00472. The van der Waals surface area contributed by atoms with Crippen molar-refractivity contribution < 1.29 is 17.9 Å². The van der Waals surface area contributed by atoms with Crippen molar-refractivity contribution in [1.29, 1.82) is 0 Å². The average Bonchev–Trinajstić information content (AvgIpc) is 3.34. The first-order chi connectivity index (χ1) is 18.4. The Hall–Kier alpha value is -2.76. The van der Waals surface area contributed by atoms with Gasteiger partial charge in [0.2, 0.25) is 16.0 Å². The standard InChI is InChI=1S/C27H38N6O4S/c1-2-4-22-19-28-27(29-20-22)32-9-7-21(8-10-32)17-26-30-24-6-5-23(18-25(24)37-26)31-11-13-33(14-12-31)38(35,36)16-3-15-34/h5-6,18-21,34H,2-4,7-17H2,1H3. The summed E-state index contributed by atoms with van der Waals surface area (Å²) < 4.78 is 32.5. The molecule has 2 aliphatic rings. The quantitative estimate of drug-likeness (QED) is 0.413. The fraction of sp³-hybridized carbons (Fsp3) is 0.593. The summed E-state index contributed by atoms with van der Waals surface area (Å²) in [6.45, 7) is 6.05. The smallest absolute Gasteiger partial charge is 0.225 e. The number of aliphatic hydroxyl groups excluding tert-OH is 1. The molecule has 0 unspecified atom stereocenters. The fourth-order valence-electron chi connectivity index (χ4n) is 5.36. The maximum atomic E-state index is 12.4. The highest BCUT2D eigenvalue weighted by molar-refractivity contribution is 7.89. The molecule has 0 spiro atoms. The monoisotopic (exact) mass is 542 g/mol. The second-order valence-corrected chi connectivity index (χ2v) is 12.4. The molecular formula is C27H38N6O4S. The van der Waals surface area contributed by atoms with Crippen molar-refractivity contribution in [3.05, 3.63) is 42.0 Å². The lowest BCUT2D eigenvalue weighted by Crippen LogP contribution is -2.49. The zero-order valence-electron chi connectivity index (χ0n) is 22.1. The van der Waals surface area contributed by atoms with E-state index in [1.165, 1.54) is 9.87 Å². The second kappa shape index (κ2) is 12.0. The van der Waals surface area contributed by atoms with E-state index >= 15 is 0 Å². The van der Waals surface area contributed by atoms with E-state index in [4.69, 9.17) is 14.5 Å². The number of piperidine rings is 1. The Balaban J connectivity index is 1.15. The van der Waals surface area contributed by atoms with Crippen LogP contribution in [0.5, 0.6) is 0 Å². The number of aromatic nitrogens is 3. The highest BCUT2D eigenvalue weighted by atomic mass is 32.2. The van der Waals surface area contributed by atoms with Crippen LogP contribution in [0.15, 0.2) is 35.0 Å². The first kappa shape index (κ1) is 26.8. The van der Waals surface area contributed by atoms with Crippen LogP contribution in [0.4, 0.5) is 11.6 Å². The highest BCUT2D eigenvalue weighted by Gasteiger charge is 2.27. The normalized spacial score (nSPS) is 17.9. The summed E-state index contributed by atoms with van der Waals surface area (Å²) in [6.07, 6.45) is 9.21. The lowest BCUT2D eigenvalue weighted by Gasteiger charge is -2.35. The Morgan fingerprint density at radius 1 is 1.03 bits per heavy atom. The van der Waals surface area contributed by atoms with Crippen LogP contribution in [0.1, 0.15) is 44.1 Å². The van der Waals surface area contributed by atoms with E-state index in [0.29, 0.717) is 32.1 Å². The van der Waals surface area contributed by atoms with Crippen molar-refractivity contribution in [3.63, 3.8) is 0 Å². The lowest BCUT2D eigenvalue weighted by molar-refractivity contribution is 0.293. The van der Waals surface area contributed by atoms with Gasteiger partial charge in [-0.2, -0.15) is 4.31 Å². The highest BCUT2D eigenvalue weighted by Crippen LogP contribution is 2.28. The molecule has 2 aliphatic heterocycles. The van der Waals surface area contributed by atoms with Gasteiger partial charge >= 0.3 is 0 Å². The van der Waals surface area contributed by atoms with Crippen molar-refractivity contribution in [2.45, 2.75) is 45.4 Å². The maximum Gasteiger partial charge on any atom is 0.225 e. The Bertz CT molecular complexity index is 1300. The van der Waals surface area contributed by atoms with E-state index in [-0.39, 0.29) is 18.8 Å². The molecule has 38 heavy (non-hydrogen) atoms. The molecule has 2 aromatic heterocycles. The van der Waals surface area contributed by atoms with Gasteiger partial charge in [-0.3, -0.25) is 0 Å². The molecule has 10 nitrogen and oxygen atoms in total. The SMILES string of the molecule is CCCc1cnc(N2CCC(Cc3nc4ccc(N5CCN(S(=O)(=O)CCCO)CC5)cc4o3)CC2)nc1. The van der Waals surface area contributed by atoms with E-state index in [9.17, 15) is 8.42 Å². The molecular weight excluding hydrogens is 504 g/mol. The Kier molecular flexibility index (Phi) is 8.45. The largest absolute Gasteiger partial charge is 0.441 e. The number of hydrogen-bond donors (Lipinski definition) is 1. The van der Waals surface area contributed by atoms with E-state index < -0.39 is 10.0 Å². The fourth-order valence-corrected chi connectivity index (χ4v) is 6.83. The third kappa shape index (κ3) is 6.27. The number of aryl methyl sites for hydroxylation is 1. The van der Waals surface area contributed by atoms with Crippen molar-refractivity contribution in [3.8, 4) is 0 Å². The topological polar surface area (TPSA) is 116 Å². The number of oxazole rings is 1. The third-order valence-corrected chi connectivity index (χ3v) is 9.52. The van der Waals surface area contributed by atoms with Crippen molar-refractivity contribution >= 4 is 32.8 Å². The predicted molar refractivity (Wildman–Crippen MR) is 148 cm³/mol. The Morgan fingerprint density at radius 2 is 1.76 bits per heavy atom. The minimum atomic E-state index is -3.31. The molecule has 11 heteroatoms. The molecule has 206 valence electrons. The first-order valence-electron chi connectivity index (χ1n) is 13.7. The average molecular weight is 543 g/mol. The van der Waals surface area contributed by atoms with Gasteiger partial charge < -0.3 is 19.3 Å².